The second-order valence-electron chi connectivity index (χ2n) is 4.87. The lowest BCUT2D eigenvalue weighted by Crippen LogP contribution is -2.35. The van der Waals surface area contributed by atoms with Crippen LogP contribution in [0, 0.1) is 0 Å². The summed E-state index contributed by atoms with van der Waals surface area (Å²) in [6.07, 6.45) is 2.48. The molecule has 1 aliphatic rings. The Balaban J connectivity index is 1.88. The number of nitrogens with one attached hydrogen (secondary N) is 1. The highest BCUT2D eigenvalue weighted by Crippen LogP contribution is 2.14. The van der Waals surface area contributed by atoms with E-state index in [4.69, 9.17) is 5.11 Å². The molecule has 1 fully saturated rings. The van der Waals surface area contributed by atoms with Gasteiger partial charge in [0.2, 0.25) is 0 Å². The summed E-state index contributed by atoms with van der Waals surface area (Å²) in [5, 5.41) is 12.4. The van der Waals surface area contributed by atoms with Gasteiger partial charge in [0.1, 0.15) is 0 Å². The first kappa shape index (κ1) is 13.1. The zero-order valence-corrected chi connectivity index (χ0v) is 10.7. The Morgan fingerprint density at radius 1 is 1.50 bits per heavy atom. The lowest BCUT2D eigenvalue weighted by atomic mass is 10.1. The van der Waals surface area contributed by atoms with Crippen molar-refractivity contribution in [3.05, 3.63) is 35.4 Å². The Bertz CT molecular complexity index is 420. The summed E-state index contributed by atoms with van der Waals surface area (Å²) in [6.45, 7) is 2.70. The van der Waals surface area contributed by atoms with Crippen LogP contribution < -0.4 is 5.32 Å². The molecule has 0 spiro atoms. The van der Waals surface area contributed by atoms with Crippen LogP contribution in [0.25, 0.3) is 0 Å². The van der Waals surface area contributed by atoms with Gasteiger partial charge in [0.05, 0.1) is 5.56 Å². The standard InChI is InChI=1S/C14H20N2O2/c1-16-8-4-6-12(16)10-15-9-11-5-2-3-7-13(11)14(17)18/h2-3,5,7,12,15H,4,6,8-10H2,1H3,(H,17,18). The lowest BCUT2D eigenvalue weighted by Gasteiger charge is -2.20. The van der Waals surface area contributed by atoms with Gasteiger partial charge in [-0.15, -0.1) is 0 Å². The monoisotopic (exact) mass is 248 g/mol. The fourth-order valence-electron chi connectivity index (χ4n) is 2.49. The van der Waals surface area contributed by atoms with Crippen LogP contribution in [0.1, 0.15) is 28.8 Å². The van der Waals surface area contributed by atoms with E-state index in [-0.39, 0.29) is 0 Å². The summed E-state index contributed by atoms with van der Waals surface area (Å²) in [6, 6.07) is 7.75. The van der Waals surface area contributed by atoms with E-state index >= 15 is 0 Å². The van der Waals surface area contributed by atoms with E-state index in [1.54, 1.807) is 12.1 Å². The molecule has 4 heteroatoms. The molecule has 98 valence electrons. The van der Waals surface area contributed by atoms with E-state index in [2.05, 4.69) is 17.3 Å². The zero-order valence-electron chi connectivity index (χ0n) is 10.7. The van der Waals surface area contributed by atoms with Crippen molar-refractivity contribution in [2.24, 2.45) is 0 Å². The average molecular weight is 248 g/mol. The Labute approximate surface area is 108 Å². The molecule has 1 saturated heterocycles. The third kappa shape index (κ3) is 3.09. The number of hydrogen-bond donors (Lipinski definition) is 2. The van der Waals surface area contributed by atoms with Crippen LogP contribution in [0.4, 0.5) is 0 Å². The summed E-state index contributed by atoms with van der Waals surface area (Å²) in [5.41, 5.74) is 1.25. The molecular formula is C14H20N2O2. The number of hydrogen-bond acceptors (Lipinski definition) is 3. The number of carboxylic acid groups (broad SMARTS) is 1. The minimum absolute atomic E-state index is 0.393. The van der Waals surface area contributed by atoms with Crippen molar-refractivity contribution in [1.82, 2.24) is 10.2 Å². The minimum atomic E-state index is -0.856. The van der Waals surface area contributed by atoms with Crippen LogP contribution in [0.3, 0.4) is 0 Å². The van der Waals surface area contributed by atoms with E-state index in [1.165, 1.54) is 12.8 Å². The van der Waals surface area contributed by atoms with E-state index in [9.17, 15) is 4.79 Å². The van der Waals surface area contributed by atoms with Gasteiger partial charge in [0.25, 0.3) is 0 Å². The van der Waals surface area contributed by atoms with Gasteiger partial charge < -0.3 is 15.3 Å². The average Bonchev–Trinajstić information content (AvgIpc) is 2.76. The number of benzene rings is 1. The fourth-order valence-corrected chi connectivity index (χ4v) is 2.49. The van der Waals surface area contributed by atoms with Crippen molar-refractivity contribution in [1.29, 1.82) is 0 Å². The van der Waals surface area contributed by atoms with Crippen molar-refractivity contribution in [3.63, 3.8) is 0 Å². The lowest BCUT2D eigenvalue weighted by molar-refractivity contribution is 0.0695. The molecule has 1 aromatic carbocycles. The van der Waals surface area contributed by atoms with Gasteiger partial charge >= 0.3 is 5.97 Å². The molecule has 0 bridgehead atoms. The number of aromatic carboxylic acids is 1. The molecule has 1 atom stereocenters. The molecule has 1 aromatic rings. The second-order valence-corrected chi connectivity index (χ2v) is 4.87. The first-order chi connectivity index (χ1) is 8.68. The predicted molar refractivity (Wildman–Crippen MR) is 70.8 cm³/mol. The highest BCUT2D eigenvalue weighted by molar-refractivity contribution is 5.89. The Morgan fingerprint density at radius 3 is 2.94 bits per heavy atom. The summed E-state index contributed by atoms with van der Waals surface area (Å²) in [7, 11) is 2.14. The molecule has 0 aromatic heterocycles. The molecular weight excluding hydrogens is 228 g/mol. The third-order valence-corrected chi connectivity index (χ3v) is 3.61. The van der Waals surface area contributed by atoms with Crippen molar-refractivity contribution < 1.29 is 9.90 Å². The molecule has 0 saturated carbocycles. The van der Waals surface area contributed by atoms with Crippen LogP contribution in [0.15, 0.2) is 24.3 Å². The normalized spacial score (nSPS) is 20.2. The first-order valence-corrected chi connectivity index (χ1v) is 6.40. The van der Waals surface area contributed by atoms with E-state index < -0.39 is 5.97 Å². The quantitative estimate of drug-likeness (QED) is 0.830. The SMILES string of the molecule is CN1CCCC1CNCc1ccccc1C(=O)O. The highest BCUT2D eigenvalue weighted by Gasteiger charge is 2.20. The number of carboxylic acids is 1. The maximum absolute atomic E-state index is 11.1. The van der Waals surface area contributed by atoms with Crippen molar-refractivity contribution in [2.45, 2.75) is 25.4 Å². The van der Waals surface area contributed by atoms with Crippen LogP contribution in [0.5, 0.6) is 0 Å². The molecule has 18 heavy (non-hydrogen) atoms. The van der Waals surface area contributed by atoms with Gasteiger partial charge in [-0.3, -0.25) is 0 Å². The van der Waals surface area contributed by atoms with Gasteiger partial charge in [0.15, 0.2) is 0 Å². The topological polar surface area (TPSA) is 52.6 Å². The van der Waals surface area contributed by atoms with Crippen molar-refractivity contribution in [3.8, 4) is 0 Å². The van der Waals surface area contributed by atoms with E-state index in [0.717, 1.165) is 18.7 Å². The number of nitrogens with zero attached hydrogens (tertiary/aromatic N) is 1. The van der Waals surface area contributed by atoms with E-state index in [1.807, 2.05) is 12.1 Å². The number of likely N-dealkylation sites (N-methyl/N-ethyl adjacent to an activating group) is 1. The molecule has 1 unspecified atom stereocenters. The highest BCUT2D eigenvalue weighted by atomic mass is 16.4. The minimum Gasteiger partial charge on any atom is -0.478 e. The summed E-state index contributed by atoms with van der Waals surface area (Å²) in [4.78, 5) is 13.4. The molecule has 2 rings (SSSR count). The maximum atomic E-state index is 11.1. The molecule has 4 nitrogen and oxygen atoms in total. The van der Waals surface area contributed by atoms with Crippen LogP contribution in [0.2, 0.25) is 0 Å². The molecule has 0 radical (unpaired) electrons. The van der Waals surface area contributed by atoms with Crippen LogP contribution in [-0.4, -0.2) is 42.2 Å². The molecule has 0 aliphatic carbocycles. The smallest absolute Gasteiger partial charge is 0.336 e. The summed E-state index contributed by atoms with van der Waals surface area (Å²) in [5.74, 6) is -0.856. The predicted octanol–water partition coefficient (Wildman–Crippen LogP) is 1.57. The molecule has 1 aliphatic heterocycles. The van der Waals surface area contributed by atoms with Crippen LogP contribution in [-0.2, 0) is 6.54 Å². The number of carbonyl (C=O) groups is 1. The van der Waals surface area contributed by atoms with Gasteiger partial charge in [0, 0.05) is 19.1 Å². The largest absolute Gasteiger partial charge is 0.478 e. The van der Waals surface area contributed by atoms with Gasteiger partial charge in [-0.1, -0.05) is 18.2 Å². The summed E-state index contributed by atoms with van der Waals surface area (Å²) < 4.78 is 0. The fraction of sp³-hybridized carbons (Fsp3) is 0.500. The maximum Gasteiger partial charge on any atom is 0.336 e. The van der Waals surface area contributed by atoms with Gasteiger partial charge in [-0.25, -0.2) is 4.79 Å². The second kappa shape index (κ2) is 5.98. The molecule has 1 heterocycles. The first-order valence-electron chi connectivity index (χ1n) is 6.40. The van der Waals surface area contributed by atoms with E-state index in [0.29, 0.717) is 18.2 Å². The van der Waals surface area contributed by atoms with Gasteiger partial charge in [-0.2, -0.15) is 0 Å². The van der Waals surface area contributed by atoms with Gasteiger partial charge in [-0.05, 0) is 38.1 Å². The molecule has 2 N–H and O–H groups in total. The Morgan fingerprint density at radius 2 is 2.28 bits per heavy atom. The zero-order chi connectivity index (χ0) is 13.0. The third-order valence-electron chi connectivity index (χ3n) is 3.61. The van der Waals surface area contributed by atoms with Crippen LogP contribution >= 0.6 is 0 Å². The number of rotatable bonds is 5. The van der Waals surface area contributed by atoms with Crippen molar-refractivity contribution in [2.75, 3.05) is 20.1 Å². The van der Waals surface area contributed by atoms with Crippen molar-refractivity contribution >= 4 is 5.97 Å². The Kier molecular flexibility index (Phi) is 4.33. The summed E-state index contributed by atoms with van der Waals surface area (Å²) >= 11 is 0. The number of likely N-dealkylation sites (tertiary alicyclic amines) is 1. The Hall–Kier alpha value is -1.39. The molecule has 0 amide bonds.